The summed E-state index contributed by atoms with van der Waals surface area (Å²) in [6.45, 7) is 6.30. The molecular weight excluding hydrogens is 318 g/mol. The fraction of sp³-hybridized carbons (Fsp3) is 0.700. The van der Waals surface area contributed by atoms with Crippen LogP contribution in [-0.2, 0) is 11.2 Å². The standard InChI is InChI=1S/C20H31NO4/c1-14(2)8-10-20(24,19(22)23)13-16-12-18(9-11-21-16)25-17-6-4-15(3)5-7-17/h9,11-12,14-15,17,24H,4-8,10,13H2,1-3H3,(H,22,23)/t15?,17?,20-/m0/s1. The number of ether oxygens (including phenoxy) is 1. The molecule has 1 aliphatic rings. The zero-order valence-electron chi connectivity index (χ0n) is 15.6. The van der Waals surface area contributed by atoms with Crippen molar-refractivity contribution in [3.8, 4) is 5.75 Å². The van der Waals surface area contributed by atoms with Gasteiger partial charge in [-0.15, -0.1) is 0 Å². The van der Waals surface area contributed by atoms with Crippen LogP contribution in [0.4, 0.5) is 0 Å². The van der Waals surface area contributed by atoms with Gasteiger partial charge in [-0.05, 0) is 56.4 Å². The Morgan fingerprint density at radius 2 is 2.04 bits per heavy atom. The molecule has 1 heterocycles. The maximum absolute atomic E-state index is 11.6. The van der Waals surface area contributed by atoms with Gasteiger partial charge >= 0.3 is 5.97 Å². The Labute approximate surface area is 150 Å². The van der Waals surface area contributed by atoms with Gasteiger partial charge in [0.1, 0.15) is 5.75 Å². The molecule has 2 N–H and O–H groups in total. The van der Waals surface area contributed by atoms with Crippen LogP contribution in [-0.4, -0.2) is 32.9 Å². The van der Waals surface area contributed by atoms with E-state index in [-0.39, 0.29) is 18.9 Å². The summed E-state index contributed by atoms with van der Waals surface area (Å²) in [6, 6.07) is 3.57. The fourth-order valence-corrected chi connectivity index (χ4v) is 3.26. The van der Waals surface area contributed by atoms with Crippen LogP contribution >= 0.6 is 0 Å². The number of hydrogen-bond acceptors (Lipinski definition) is 4. The number of aromatic nitrogens is 1. The third-order valence-electron chi connectivity index (χ3n) is 5.06. The molecule has 0 spiro atoms. The number of hydrogen-bond donors (Lipinski definition) is 2. The molecule has 0 aromatic carbocycles. The molecule has 5 nitrogen and oxygen atoms in total. The van der Waals surface area contributed by atoms with E-state index in [4.69, 9.17) is 4.74 Å². The molecule has 0 unspecified atom stereocenters. The number of aliphatic carboxylic acids is 1. The van der Waals surface area contributed by atoms with Gasteiger partial charge in [-0.3, -0.25) is 4.98 Å². The summed E-state index contributed by atoms with van der Waals surface area (Å²) < 4.78 is 6.05. The Hall–Kier alpha value is -1.62. The van der Waals surface area contributed by atoms with E-state index in [9.17, 15) is 15.0 Å². The first-order valence-corrected chi connectivity index (χ1v) is 9.36. The molecule has 2 rings (SSSR count). The van der Waals surface area contributed by atoms with Gasteiger partial charge in [0.05, 0.1) is 6.10 Å². The van der Waals surface area contributed by atoms with E-state index < -0.39 is 11.6 Å². The second-order valence-corrected chi connectivity index (χ2v) is 7.93. The second-order valence-electron chi connectivity index (χ2n) is 7.93. The van der Waals surface area contributed by atoms with Crippen molar-refractivity contribution in [2.45, 2.75) is 77.4 Å². The van der Waals surface area contributed by atoms with Crippen LogP contribution in [0.5, 0.6) is 5.75 Å². The van der Waals surface area contributed by atoms with Gasteiger partial charge < -0.3 is 14.9 Å². The van der Waals surface area contributed by atoms with Gasteiger partial charge in [-0.25, -0.2) is 4.79 Å². The quantitative estimate of drug-likeness (QED) is 0.745. The van der Waals surface area contributed by atoms with Crippen LogP contribution in [0.1, 0.15) is 65.0 Å². The fourth-order valence-electron chi connectivity index (χ4n) is 3.26. The summed E-state index contributed by atoms with van der Waals surface area (Å²) >= 11 is 0. The highest BCUT2D eigenvalue weighted by molar-refractivity contribution is 5.77. The third kappa shape index (κ3) is 5.99. The molecule has 5 heteroatoms. The van der Waals surface area contributed by atoms with E-state index in [2.05, 4.69) is 11.9 Å². The van der Waals surface area contributed by atoms with Crippen molar-refractivity contribution >= 4 is 5.97 Å². The van der Waals surface area contributed by atoms with E-state index in [0.717, 1.165) is 18.8 Å². The maximum Gasteiger partial charge on any atom is 0.336 e. The largest absolute Gasteiger partial charge is 0.490 e. The maximum atomic E-state index is 11.6. The minimum Gasteiger partial charge on any atom is -0.490 e. The molecule has 0 amide bonds. The molecule has 1 saturated carbocycles. The van der Waals surface area contributed by atoms with Gasteiger partial charge in [0, 0.05) is 24.4 Å². The number of carboxylic acid groups (broad SMARTS) is 1. The molecule has 25 heavy (non-hydrogen) atoms. The van der Waals surface area contributed by atoms with Crippen LogP contribution < -0.4 is 4.74 Å². The summed E-state index contributed by atoms with van der Waals surface area (Å²) in [5.41, 5.74) is -1.23. The average Bonchev–Trinajstić information content (AvgIpc) is 2.55. The molecule has 1 aromatic rings. The lowest BCUT2D eigenvalue weighted by atomic mass is 9.88. The first kappa shape index (κ1) is 19.7. The Bertz CT molecular complexity index is 567. The van der Waals surface area contributed by atoms with Crippen molar-refractivity contribution in [2.24, 2.45) is 11.8 Å². The lowest BCUT2D eigenvalue weighted by molar-refractivity contribution is -0.159. The van der Waals surface area contributed by atoms with Crippen LogP contribution in [0.2, 0.25) is 0 Å². The summed E-state index contributed by atoms with van der Waals surface area (Å²) in [4.78, 5) is 15.8. The molecule has 0 radical (unpaired) electrons. The summed E-state index contributed by atoms with van der Waals surface area (Å²) in [6.07, 6.45) is 7.15. The highest BCUT2D eigenvalue weighted by Gasteiger charge is 2.36. The van der Waals surface area contributed by atoms with Crippen molar-refractivity contribution in [2.75, 3.05) is 0 Å². The Morgan fingerprint density at radius 3 is 2.64 bits per heavy atom. The predicted molar refractivity (Wildman–Crippen MR) is 96.6 cm³/mol. The van der Waals surface area contributed by atoms with Crippen molar-refractivity contribution < 1.29 is 19.7 Å². The third-order valence-corrected chi connectivity index (χ3v) is 5.06. The first-order chi connectivity index (χ1) is 11.8. The molecule has 1 atom stereocenters. The molecule has 0 saturated heterocycles. The predicted octanol–water partition coefficient (Wildman–Crippen LogP) is 3.83. The Morgan fingerprint density at radius 1 is 1.36 bits per heavy atom. The molecule has 1 aliphatic carbocycles. The normalized spacial score (nSPS) is 23.2. The Kier molecular flexibility index (Phi) is 6.82. The number of rotatable bonds is 8. The Balaban J connectivity index is 2.02. The van der Waals surface area contributed by atoms with Crippen LogP contribution in [0, 0.1) is 11.8 Å². The molecule has 0 bridgehead atoms. The molecule has 0 aliphatic heterocycles. The van der Waals surface area contributed by atoms with Crippen molar-refractivity contribution in [1.29, 1.82) is 0 Å². The number of carboxylic acids is 1. The minimum atomic E-state index is -1.78. The first-order valence-electron chi connectivity index (χ1n) is 9.36. The van der Waals surface area contributed by atoms with Crippen molar-refractivity contribution in [3.05, 3.63) is 24.0 Å². The zero-order valence-corrected chi connectivity index (χ0v) is 15.6. The highest BCUT2D eigenvalue weighted by atomic mass is 16.5. The van der Waals surface area contributed by atoms with E-state index >= 15 is 0 Å². The van der Waals surface area contributed by atoms with Crippen molar-refractivity contribution in [1.82, 2.24) is 4.98 Å². The smallest absolute Gasteiger partial charge is 0.336 e. The monoisotopic (exact) mass is 349 g/mol. The van der Waals surface area contributed by atoms with Crippen LogP contribution in [0.3, 0.4) is 0 Å². The summed E-state index contributed by atoms with van der Waals surface area (Å²) in [5.74, 6) is 0.616. The highest BCUT2D eigenvalue weighted by Crippen LogP contribution is 2.28. The van der Waals surface area contributed by atoms with E-state index in [1.165, 1.54) is 12.8 Å². The lowest BCUT2D eigenvalue weighted by Crippen LogP contribution is -2.41. The molecule has 140 valence electrons. The van der Waals surface area contributed by atoms with Crippen LogP contribution in [0.15, 0.2) is 18.3 Å². The van der Waals surface area contributed by atoms with E-state index in [1.54, 1.807) is 18.3 Å². The minimum absolute atomic E-state index is 0.00600. The van der Waals surface area contributed by atoms with E-state index in [1.807, 2.05) is 13.8 Å². The van der Waals surface area contributed by atoms with Gasteiger partial charge in [-0.2, -0.15) is 0 Å². The van der Waals surface area contributed by atoms with E-state index in [0.29, 0.717) is 23.8 Å². The lowest BCUT2D eigenvalue weighted by Gasteiger charge is -2.27. The van der Waals surface area contributed by atoms with Crippen molar-refractivity contribution in [3.63, 3.8) is 0 Å². The van der Waals surface area contributed by atoms with Gasteiger partial charge in [0.2, 0.25) is 0 Å². The van der Waals surface area contributed by atoms with Crippen LogP contribution in [0.25, 0.3) is 0 Å². The molecule has 1 aromatic heterocycles. The van der Waals surface area contributed by atoms with Gasteiger partial charge in [-0.1, -0.05) is 20.8 Å². The zero-order chi connectivity index (χ0) is 18.4. The van der Waals surface area contributed by atoms with Gasteiger partial charge in [0.25, 0.3) is 0 Å². The molecule has 1 fully saturated rings. The number of aliphatic hydroxyl groups is 1. The SMILES string of the molecule is CC(C)CC[C@](O)(Cc1cc(OC2CCC(C)CC2)ccn1)C(=O)O. The summed E-state index contributed by atoms with van der Waals surface area (Å²) in [5, 5.41) is 20.0. The van der Waals surface area contributed by atoms with Gasteiger partial charge in [0.15, 0.2) is 5.60 Å². The average molecular weight is 349 g/mol. The number of nitrogens with zero attached hydrogens (tertiary/aromatic N) is 1. The summed E-state index contributed by atoms with van der Waals surface area (Å²) in [7, 11) is 0. The number of carbonyl (C=O) groups is 1. The second kappa shape index (κ2) is 8.65. The number of pyridine rings is 1. The molecular formula is C20H31NO4. The topological polar surface area (TPSA) is 79.7 Å².